The molecule has 3 N–H and O–H groups in total. The van der Waals surface area contributed by atoms with E-state index in [0.717, 1.165) is 0 Å². The lowest BCUT2D eigenvalue weighted by atomic mass is 9.86. The minimum Gasteiger partial charge on any atom is -0.395 e. The van der Waals surface area contributed by atoms with Crippen molar-refractivity contribution >= 4 is 5.91 Å². The van der Waals surface area contributed by atoms with Crippen LogP contribution in [0.3, 0.4) is 0 Å². The SMILES string of the molecule is CN(CCO)C(=O)[C@H](N)C(C)(C)C. The summed E-state index contributed by atoms with van der Waals surface area (Å²) in [6.07, 6.45) is 0. The van der Waals surface area contributed by atoms with Crippen LogP contribution in [0.2, 0.25) is 0 Å². The lowest BCUT2D eigenvalue weighted by Crippen LogP contribution is -2.49. The van der Waals surface area contributed by atoms with Crippen LogP contribution in [0.15, 0.2) is 0 Å². The Labute approximate surface area is 79.7 Å². The van der Waals surface area contributed by atoms with Crippen molar-refractivity contribution in [2.45, 2.75) is 26.8 Å². The zero-order valence-electron chi connectivity index (χ0n) is 8.87. The van der Waals surface area contributed by atoms with Crippen molar-refractivity contribution in [2.75, 3.05) is 20.2 Å². The highest BCUT2D eigenvalue weighted by atomic mass is 16.3. The molecule has 0 rings (SSSR count). The molecule has 0 aliphatic rings. The lowest BCUT2D eigenvalue weighted by molar-refractivity contribution is -0.134. The van der Waals surface area contributed by atoms with Crippen molar-refractivity contribution < 1.29 is 9.90 Å². The van der Waals surface area contributed by atoms with Gasteiger partial charge in [-0.2, -0.15) is 0 Å². The van der Waals surface area contributed by atoms with Crippen molar-refractivity contribution in [3.05, 3.63) is 0 Å². The molecule has 1 atom stereocenters. The van der Waals surface area contributed by atoms with Crippen LogP contribution in [0.5, 0.6) is 0 Å². The van der Waals surface area contributed by atoms with Crippen LogP contribution in [-0.2, 0) is 4.79 Å². The normalized spacial score (nSPS) is 14.0. The molecule has 13 heavy (non-hydrogen) atoms. The van der Waals surface area contributed by atoms with Gasteiger partial charge in [-0.3, -0.25) is 4.79 Å². The highest BCUT2D eigenvalue weighted by Gasteiger charge is 2.29. The summed E-state index contributed by atoms with van der Waals surface area (Å²) in [4.78, 5) is 13.0. The molecule has 0 aromatic carbocycles. The molecule has 0 heterocycles. The molecule has 0 saturated heterocycles. The third-order valence-electron chi connectivity index (χ3n) is 2.01. The molecule has 1 amide bonds. The van der Waals surface area contributed by atoms with Gasteiger partial charge in [0.2, 0.25) is 5.91 Å². The fraction of sp³-hybridized carbons (Fsp3) is 0.889. The zero-order chi connectivity index (χ0) is 10.6. The average Bonchev–Trinajstić information content (AvgIpc) is 2.00. The van der Waals surface area contributed by atoms with Gasteiger partial charge < -0.3 is 15.7 Å². The smallest absolute Gasteiger partial charge is 0.239 e. The minimum atomic E-state index is -0.510. The number of carbonyl (C=O) groups excluding carboxylic acids is 1. The highest BCUT2D eigenvalue weighted by molar-refractivity contribution is 5.82. The largest absolute Gasteiger partial charge is 0.395 e. The van der Waals surface area contributed by atoms with E-state index in [9.17, 15) is 4.79 Å². The Bertz CT molecular complexity index is 175. The third-order valence-corrected chi connectivity index (χ3v) is 2.01. The Morgan fingerprint density at radius 1 is 1.54 bits per heavy atom. The summed E-state index contributed by atoms with van der Waals surface area (Å²) in [5, 5.41) is 8.64. The number of amides is 1. The molecule has 4 nitrogen and oxygen atoms in total. The first-order valence-corrected chi connectivity index (χ1v) is 4.42. The summed E-state index contributed by atoms with van der Waals surface area (Å²) >= 11 is 0. The van der Waals surface area contributed by atoms with Gasteiger partial charge in [0.1, 0.15) is 0 Å². The molecule has 0 bridgehead atoms. The number of rotatable bonds is 3. The summed E-state index contributed by atoms with van der Waals surface area (Å²) in [5.41, 5.74) is 5.52. The van der Waals surface area contributed by atoms with Crippen LogP contribution in [0.25, 0.3) is 0 Å². The standard InChI is InChI=1S/C9H20N2O2/c1-9(2,3)7(10)8(13)11(4)5-6-12/h7,12H,5-6,10H2,1-4H3/t7-/m0/s1. The molecule has 78 valence electrons. The minimum absolute atomic E-state index is 0.0287. The zero-order valence-corrected chi connectivity index (χ0v) is 8.87. The van der Waals surface area contributed by atoms with Crippen molar-refractivity contribution in [3.8, 4) is 0 Å². The second kappa shape index (κ2) is 4.58. The van der Waals surface area contributed by atoms with Crippen LogP contribution in [0, 0.1) is 5.41 Å². The van der Waals surface area contributed by atoms with E-state index in [4.69, 9.17) is 10.8 Å². The Hall–Kier alpha value is -0.610. The summed E-state index contributed by atoms with van der Waals surface area (Å²) in [6, 6.07) is -0.510. The fourth-order valence-electron chi connectivity index (χ4n) is 0.868. The van der Waals surface area contributed by atoms with Gasteiger partial charge in [0.05, 0.1) is 12.6 Å². The predicted molar refractivity (Wildman–Crippen MR) is 52.2 cm³/mol. The van der Waals surface area contributed by atoms with Gasteiger partial charge >= 0.3 is 0 Å². The molecule has 0 aliphatic heterocycles. The number of nitrogens with two attached hydrogens (primary N) is 1. The number of carbonyl (C=O) groups is 1. The molecule has 0 unspecified atom stereocenters. The predicted octanol–water partition coefficient (Wildman–Crippen LogP) is -0.189. The van der Waals surface area contributed by atoms with E-state index in [-0.39, 0.29) is 17.9 Å². The summed E-state index contributed by atoms with van der Waals surface area (Å²) < 4.78 is 0. The van der Waals surface area contributed by atoms with Crippen molar-refractivity contribution in [2.24, 2.45) is 11.1 Å². The molecule has 0 aromatic heterocycles. The summed E-state index contributed by atoms with van der Waals surface area (Å²) in [5.74, 6) is -0.124. The van der Waals surface area contributed by atoms with Gasteiger partial charge in [0, 0.05) is 13.6 Å². The van der Waals surface area contributed by atoms with Gasteiger partial charge in [0.15, 0.2) is 0 Å². The first kappa shape index (κ1) is 12.4. The number of nitrogens with zero attached hydrogens (tertiary/aromatic N) is 1. The maximum Gasteiger partial charge on any atom is 0.239 e. The van der Waals surface area contributed by atoms with E-state index >= 15 is 0 Å². The van der Waals surface area contributed by atoms with Gasteiger partial charge in [-0.15, -0.1) is 0 Å². The molecule has 0 aromatic rings. The number of hydrogen-bond donors (Lipinski definition) is 2. The fourth-order valence-corrected chi connectivity index (χ4v) is 0.868. The van der Waals surface area contributed by atoms with E-state index in [1.165, 1.54) is 4.90 Å². The first-order chi connectivity index (χ1) is 5.80. The Morgan fingerprint density at radius 2 is 2.00 bits per heavy atom. The molecule has 0 radical (unpaired) electrons. The van der Waals surface area contributed by atoms with Gasteiger partial charge in [-0.25, -0.2) is 0 Å². The molecule has 0 saturated carbocycles. The van der Waals surface area contributed by atoms with E-state index in [2.05, 4.69) is 0 Å². The van der Waals surface area contributed by atoms with E-state index in [1.54, 1.807) is 7.05 Å². The van der Waals surface area contributed by atoms with E-state index in [0.29, 0.717) is 6.54 Å². The lowest BCUT2D eigenvalue weighted by Gasteiger charge is -2.29. The summed E-state index contributed by atoms with van der Waals surface area (Å²) in [6.45, 7) is 6.06. The molecule has 0 fully saturated rings. The van der Waals surface area contributed by atoms with Crippen LogP contribution >= 0.6 is 0 Å². The average molecular weight is 188 g/mol. The Balaban J connectivity index is 4.26. The maximum atomic E-state index is 11.6. The summed E-state index contributed by atoms with van der Waals surface area (Å²) in [7, 11) is 1.64. The molecule has 4 heteroatoms. The van der Waals surface area contributed by atoms with Crippen molar-refractivity contribution in [3.63, 3.8) is 0 Å². The van der Waals surface area contributed by atoms with Gasteiger partial charge in [0.25, 0.3) is 0 Å². The number of aliphatic hydroxyl groups excluding tert-OH is 1. The molecular formula is C9H20N2O2. The maximum absolute atomic E-state index is 11.6. The van der Waals surface area contributed by atoms with Crippen molar-refractivity contribution in [1.82, 2.24) is 4.90 Å². The van der Waals surface area contributed by atoms with Crippen molar-refractivity contribution in [1.29, 1.82) is 0 Å². The second-order valence-corrected chi connectivity index (χ2v) is 4.33. The molecule has 0 spiro atoms. The van der Waals surface area contributed by atoms with Gasteiger partial charge in [-0.05, 0) is 5.41 Å². The number of aliphatic hydroxyl groups is 1. The van der Waals surface area contributed by atoms with E-state index < -0.39 is 6.04 Å². The van der Waals surface area contributed by atoms with Crippen LogP contribution in [0.4, 0.5) is 0 Å². The highest BCUT2D eigenvalue weighted by Crippen LogP contribution is 2.18. The van der Waals surface area contributed by atoms with Crippen LogP contribution in [-0.4, -0.2) is 42.2 Å². The quantitative estimate of drug-likeness (QED) is 0.645. The molecule has 0 aliphatic carbocycles. The van der Waals surface area contributed by atoms with Gasteiger partial charge in [-0.1, -0.05) is 20.8 Å². The first-order valence-electron chi connectivity index (χ1n) is 4.42. The molecular weight excluding hydrogens is 168 g/mol. The van der Waals surface area contributed by atoms with E-state index in [1.807, 2.05) is 20.8 Å². The second-order valence-electron chi connectivity index (χ2n) is 4.33. The third kappa shape index (κ3) is 3.74. The van der Waals surface area contributed by atoms with Crippen LogP contribution < -0.4 is 5.73 Å². The topological polar surface area (TPSA) is 66.6 Å². The number of hydrogen-bond acceptors (Lipinski definition) is 3. The Kier molecular flexibility index (Phi) is 4.36. The number of likely N-dealkylation sites (N-methyl/N-ethyl adjacent to an activating group) is 1. The van der Waals surface area contributed by atoms with Crippen LogP contribution in [0.1, 0.15) is 20.8 Å². The Morgan fingerprint density at radius 3 is 2.31 bits per heavy atom. The monoisotopic (exact) mass is 188 g/mol.